The molecule has 2 aromatic heterocycles. The average Bonchev–Trinajstić information content (AvgIpc) is 3.24. The second kappa shape index (κ2) is 6.65. The van der Waals surface area contributed by atoms with Gasteiger partial charge in [-0.15, -0.1) is 0 Å². The van der Waals surface area contributed by atoms with Gasteiger partial charge < -0.3 is 9.15 Å². The first-order valence-corrected chi connectivity index (χ1v) is 8.92. The smallest absolute Gasteiger partial charge is 0.131 e. The van der Waals surface area contributed by atoms with E-state index in [2.05, 4.69) is 23.7 Å². The maximum absolute atomic E-state index is 6.37. The molecule has 5 heteroatoms. The van der Waals surface area contributed by atoms with Gasteiger partial charge in [0.25, 0.3) is 0 Å². The number of likely N-dealkylation sites (tertiary alicyclic amines) is 1. The second-order valence-electron chi connectivity index (χ2n) is 7.26. The Kier molecular flexibility index (Phi) is 4.37. The number of fused-ring (bicyclic) bond motifs is 1. The van der Waals surface area contributed by atoms with Gasteiger partial charge in [0.2, 0.25) is 0 Å². The molecule has 3 atom stereocenters. The maximum atomic E-state index is 6.37. The average molecular weight is 327 g/mol. The highest BCUT2D eigenvalue weighted by Crippen LogP contribution is 2.40. The van der Waals surface area contributed by atoms with Gasteiger partial charge in [0.05, 0.1) is 24.6 Å². The van der Waals surface area contributed by atoms with Crippen molar-refractivity contribution < 1.29 is 9.15 Å². The molecule has 0 unspecified atom stereocenters. The fraction of sp³-hybridized carbons (Fsp3) is 0.579. The third-order valence-corrected chi connectivity index (χ3v) is 5.14. The van der Waals surface area contributed by atoms with Crippen molar-refractivity contribution in [3.05, 3.63) is 47.9 Å². The predicted octanol–water partition coefficient (Wildman–Crippen LogP) is 3.55. The lowest BCUT2D eigenvalue weighted by Crippen LogP contribution is -2.41. The number of aromatic nitrogens is 2. The number of hydrogen-bond donors (Lipinski definition) is 0. The Morgan fingerprint density at radius 1 is 1.33 bits per heavy atom. The summed E-state index contributed by atoms with van der Waals surface area (Å²) in [6, 6.07) is 6.00. The third-order valence-electron chi connectivity index (χ3n) is 5.14. The topological polar surface area (TPSA) is 51.4 Å². The zero-order valence-corrected chi connectivity index (χ0v) is 14.4. The normalized spacial score (nSPS) is 27.5. The Morgan fingerprint density at radius 2 is 2.25 bits per heavy atom. The summed E-state index contributed by atoms with van der Waals surface area (Å²) in [4.78, 5) is 11.5. The van der Waals surface area contributed by atoms with Crippen LogP contribution in [0.5, 0.6) is 0 Å². The molecule has 2 aliphatic rings. The van der Waals surface area contributed by atoms with E-state index in [1.165, 1.54) is 6.42 Å². The molecule has 0 saturated carbocycles. The molecule has 4 rings (SSSR count). The molecule has 24 heavy (non-hydrogen) atoms. The molecule has 0 N–H and O–H groups in total. The Balaban J connectivity index is 1.41. The number of ether oxygens (including phenoxy) is 1. The van der Waals surface area contributed by atoms with Crippen LogP contribution in [-0.4, -0.2) is 34.1 Å². The predicted molar refractivity (Wildman–Crippen MR) is 90.4 cm³/mol. The lowest BCUT2D eigenvalue weighted by molar-refractivity contribution is -0.0120. The molecule has 0 aromatic carbocycles. The summed E-state index contributed by atoms with van der Waals surface area (Å²) in [5.41, 5.74) is 1.04. The Bertz CT molecular complexity index is 671. The summed E-state index contributed by atoms with van der Waals surface area (Å²) >= 11 is 0. The van der Waals surface area contributed by atoms with Crippen LogP contribution in [0, 0.1) is 5.92 Å². The van der Waals surface area contributed by atoms with Gasteiger partial charge in [0, 0.05) is 18.7 Å². The molecule has 128 valence electrons. The van der Waals surface area contributed by atoms with Gasteiger partial charge in [-0.2, -0.15) is 0 Å². The summed E-state index contributed by atoms with van der Waals surface area (Å²) in [6.07, 6.45) is 6.29. The quantitative estimate of drug-likeness (QED) is 0.859. The molecular weight excluding hydrogens is 302 g/mol. The highest BCUT2D eigenvalue weighted by Gasteiger charge is 2.40. The molecule has 0 aliphatic carbocycles. The molecule has 2 aliphatic heterocycles. The van der Waals surface area contributed by atoms with Crippen molar-refractivity contribution in [2.24, 2.45) is 5.92 Å². The first-order valence-electron chi connectivity index (χ1n) is 8.92. The number of nitrogens with zero attached hydrogens (tertiary/aromatic N) is 3. The molecule has 0 spiro atoms. The van der Waals surface area contributed by atoms with Gasteiger partial charge in [-0.3, -0.25) is 4.90 Å². The molecule has 0 radical (unpaired) electrons. The zero-order valence-electron chi connectivity index (χ0n) is 14.4. The van der Waals surface area contributed by atoms with Crippen LogP contribution in [0.25, 0.3) is 0 Å². The van der Waals surface area contributed by atoms with E-state index in [4.69, 9.17) is 14.1 Å². The summed E-state index contributed by atoms with van der Waals surface area (Å²) in [6.45, 7) is 7.21. The van der Waals surface area contributed by atoms with Crippen molar-refractivity contribution >= 4 is 0 Å². The zero-order chi connectivity index (χ0) is 16.5. The van der Waals surface area contributed by atoms with Crippen molar-refractivity contribution in [2.45, 2.75) is 51.4 Å². The minimum atomic E-state index is 0.115. The Labute approximate surface area is 143 Å². The Morgan fingerprint density at radius 3 is 3.04 bits per heavy atom. The lowest BCUT2D eigenvalue weighted by Gasteiger charge is -2.33. The fourth-order valence-electron chi connectivity index (χ4n) is 3.80. The van der Waals surface area contributed by atoms with E-state index in [-0.39, 0.29) is 6.10 Å². The summed E-state index contributed by atoms with van der Waals surface area (Å²) < 4.78 is 11.8. The van der Waals surface area contributed by atoms with Gasteiger partial charge in [-0.1, -0.05) is 13.8 Å². The minimum Gasteiger partial charge on any atom is -0.468 e. The Hall–Kier alpha value is -1.72. The number of furan rings is 1. The van der Waals surface area contributed by atoms with E-state index in [0.717, 1.165) is 43.3 Å². The van der Waals surface area contributed by atoms with E-state index in [0.29, 0.717) is 17.9 Å². The monoisotopic (exact) mass is 327 g/mol. The van der Waals surface area contributed by atoms with Crippen LogP contribution in [0.3, 0.4) is 0 Å². The van der Waals surface area contributed by atoms with Gasteiger partial charge in [0.1, 0.15) is 17.7 Å². The highest BCUT2D eigenvalue weighted by molar-refractivity contribution is 5.10. The maximum Gasteiger partial charge on any atom is 0.131 e. The first kappa shape index (κ1) is 15.8. The van der Waals surface area contributed by atoms with Crippen molar-refractivity contribution in [3.63, 3.8) is 0 Å². The molecule has 0 bridgehead atoms. The van der Waals surface area contributed by atoms with Crippen LogP contribution < -0.4 is 0 Å². The van der Waals surface area contributed by atoms with Gasteiger partial charge >= 0.3 is 0 Å². The van der Waals surface area contributed by atoms with Crippen LogP contribution in [0.15, 0.2) is 35.1 Å². The van der Waals surface area contributed by atoms with Crippen LogP contribution >= 0.6 is 0 Å². The summed E-state index contributed by atoms with van der Waals surface area (Å²) in [5, 5.41) is 0. The van der Waals surface area contributed by atoms with Crippen LogP contribution in [0.4, 0.5) is 0 Å². The minimum absolute atomic E-state index is 0.115. The first-order chi connectivity index (χ1) is 11.7. The molecule has 2 fully saturated rings. The SMILES string of the molecule is CC(C)c1nccc([C@H]2C[C@@H]3CCN(Cc4ccco4)C[C@H]3O2)n1. The second-order valence-corrected chi connectivity index (χ2v) is 7.26. The van der Waals surface area contributed by atoms with Crippen molar-refractivity contribution in [1.82, 2.24) is 14.9 Å². The molecule has 4 heterocycles. The number of rotatable bonds is 4. The molecule has 2 saturated heterocycles. The van der Waals surface area contributed by atoms with Gasteiger partial charge in [0.15, 0.2) is 0 Å². The van der Waals surface area contributed by atoms with Crippen molar-refractivity contribution in [2.75, 3.05) is 13.1 Å². The largest absolute Gasteiger partial charge is 0.468 e. The van der Waals surface area contributed by atoms with Crippen LogP contribution in [0.1, 0.15) is 56.0 Å². The van der Waals surface area contributed by atoms with E-state index >= 15 is 0 Å². The van der Waals surface area contributed by atoms with E-state index in [1.807, 2.05) is 24.4 Å². The van der Waals surface area contributed by atoms with E-state index in [1.54, 1.807) is 6.26 Å². The highest BCUT2D eigenvalue weighted by atomic mass is 16.5. The summed E-state index contributed by atoms with van der Waals surface area (Å²) in [5.74, 6) is 2.92. The summed E-state index contributed by atoms with van der Waals surface area (Å²) in [7, 11) is 0. The van der Waals surface area contributed by atoms with Crippen molar-refractivity contribution in [3.8, 4) is 0 Å². The molecule has 0 amide bonds. The standard InChI is InChI=1S/C19H25N3O2/c1-13(2)19-20-7-5-16(21-19)17-10-14-6-8-22(12-18(14)24-17)11-15-4-3-9-23-15/h3-5,7,9,13-14,17-18H,6,8,10-12H2,1-2H3/t14-,17+,18+/m0/s1. The van der Waals surface area contributed by atoms with E-state index < -0.39 is 0 Å². The van der Waals surface area contributed by atoms with Crippen molar-refractivity contribution in [1.29, 1.82) is 0 Å². The van der Waals surface area contributed by atoms with Crippen LogP contribution in [-0.2, 0) is 11.3 Å². The molecule has 2 aromatic rings. The van der Waals surface area contributed by atoms with E-state index in [9.17, 15) is 0 Å². The number of piperidine rings is 1. The molecule has 5 nitrogen and oxygen atoms in total. The van der Waals surface area contributed by atoms with Gasteiger partial charge in [-0.05, 0) is 43.5 Å². The lowest BCUT2D eigenvalue weighted by atomic mass is 9.91. The van der Waals surface area contributed by atoms with Gasteiger partial charge in [-0.25, -0.2) is 9.97 Å². The van der Waals surface area contributed by atoms with Crippen LogP contribution in [0.2, 0.25) is 0 Å². The third kappa shape index (κ3) is 3.23. The molecular formula is C19H25N3O2. The number of hydrogen-bond acceptors (Lipinski definition) is 5. The fourth-order valence-corrected chi connectivity index (χ4v) is 3.80.